The molecule has 4 aromatic rings. The molecule has 0 radical (unpaired) electrons. The molecule has 1 unspecified atom stereocenters. The number of para-hydroxylation sites is 1. The highest BCUT2D eigenvalue weighted by Gasteiger charge is 2.27. The number of methoxy groups -OCH3 is 2. The number of aryl methyl sites for hydroxylation is 1. The lowest BCUT2D eigenvalue weighted by molar-refractivity contribution is -0.127. The van der Waals surface area contributed by atoms with Crippen LogP contribution in [0.15, 0.2) is 79.0 Å². The Balaban J connectivity index is 1.36. The number of carbonyl (C=O) groups excluding carboxylic acids is 2. The number of fused-ring (bicyclic) bond motifs is 2. The van der Waals surface area contributed by atoms with Crippen LogP contribution in [0.25, 0.3) is 17.0 Å². The van der Waals surface area contributed by atoms with Crippen LogP contribution in [0.1, 0.15) is 41.1 Å². The Kier molecular flexibility index (Phi) is 7.96. The molecule has 0 fully saturated rings. The molecule has 7 nitrogen and oxygen atoms in total. The summed E-state index contributed by atoms with van der Waals surface area (Å²) in [6, 6.07) is 20.8. The summed E-state index contributed by atoms with van der Waals surface area (Å²) in [6.07, 6.45) is 8.29. The molecule has 7 heteroatoms. The average molecular weight is 524 g/mol. The molecular formula is C32H33N3O4. The van der Waals surface area contributed by atoms with Crippen LogP contribution in [0.3, 0.4) is 0 Å². The molecule has 0 spiro atoms. The first-order valence-electron chi connectivity index (χ1n) is 13.2. The van der Waals surface area contributed by atoms with Gasteiger partial charge in [0.15, 0.2) is 11.5 Å². The molecule has 0 saturated carbocycles. The second kappa shape index (κ2) is 11.9. The average Bonchev–Trinajstić information content (AvgIpc) is 3.38. The number of aromatic amines is 1. The molecule has 0 aliphatic heterocycles. The van der Waals surface area contributed by atoms with Gasteiger partial charge < -0.3 is 25.1 Å². The molecule has 2 amide bonds. The van der Waals surface area contributed by atoms with Crippen LogP contribution in [-0.4, -0.2) is 37.1 Å². The molecule has 200 valence electrons. The van der Waals surface area contributed by atoms with Crippen LogP contribution in [0.5, 0.6) is 11.5 Å². The molecule has 2 atom stereocenters. The molecule has 0 bridgehead atoms. The number of benzene rings is 3. The summed E-state index contributed by atoms with van der Waals surface area (Å²) in [5.41, 5.74) is 5.16. The Morgan fingerprint density at radius 1 is 1.03 bits per heavy atom. The van der Waals surface area contributed by atoms with Gasteiger partial charge in [-0.05, 0) is 65.8 Å². The van der Waals surface area contributed by atoms with Crippen molar-refractivity contribution < 1.29 is 19.1 Å². The first-order valence-corrected chi connectivity index (χ1v) is 13.2. The van der Waals surface area contributed by atoms with Crippen LogP contribution in [0, 0.1) is 0 Å². The smallest absolute Gasteiger partial charge is 0.244 e. The van der Waals surface area contributed by atoms with Crippen molar-refractivity contribution in [1.29, 1.82) is 0 Å². The normalized spacial score (nSPS) is 15.5. The van der Waals surface area contributed by atoms with Gasteiger partial charge in [-0.15, -0.1) is 0 Å². The van der Waals surface area contributed by atoms with Crippen LogP contribution in [0.2, 0.25) is 0 Å². The van der Waals surface area contributed by atoms with Gasteiger partial charge in [0.2, 0.25) is 11.8 Å². The molecular weight excluding hydrogens is 490 g/mol. The molecule has 39 heavy (non-hydrogen) atoms. The fourth-order valence-electron chi connectivity index (χ4n) is 5.25. The Labute approximate surface area is 228 Å². The molecule has 3 aromatic carbocycles. The zero-order chi connectivity index (χ0) is 27.2. The molecule has 1 aliphatic rings. The van der Waals surface area contributed by atoms with Crippen LogP contribution in [-0.2, 0) is 22.4 Å². The standard InChI is InChI=1S/C32H33N3O4/c1-38-29-16-14-21(18-30(29)39-2)15-17-31(36)34-28(19-23-20-33-26-12-6-5-11-25(23)26)32(37)35-27-13-7-9-22-8-3-4-10-24(22)27/h3-6,8,10-12,14-18,20,27-28,33H,7,9,13,19H2,1-2H3,(H,34,36)(H,35,37)/b17-15+/t27?,28-/m0/s1. The van der Waals surface area contributed by atoms with Gasteiger partial charge in [0.05, 0.1) is 20.3 Å². The SMILES string of the molecule is COc1ccc(/C=C/C(=O)N[C@@H](Cc2c[nH]c3ccccc23)C(=O)NC2CCCc3ccccc32)cc1OC. The lowest BCUT2D eigenvalue weighted by Gasteiger charge is -2.28. The van der Waals surface area contributed by atoms with Gasteiger partial charge >= 0.3 is 0 Å². The number of rotatable bonds is 9. The van der Waals surface area contributed by atoms with Crippen molar-refractivity contribution in [3.8, 4) is 11.5 Å². The van der Waals surface area contributed by atoms with Crippen LogP contribution < -0.4 is 20.1 Å². The maximum atomic E-state index is 13.7. The summed E-state index contributed by atoms with van der Waals surface area (Å²) in [7, 11) is 3.14. The molecule has 1 aromatic heterocycles. The molecule has 3 N–H and O–H groups in total. The zero-order valence-electron chi connectivity index (χ0n) is 22.2. The number of carbonyl (C=O) groups is 2. The predicted octanol–water partition coefficient (Wildman–Crippen LogP) is 5.12. The second-order valence-corrected chi connectivity index (χ2v) is 9.72. The van der Waals surface area contributed by atoms with Crippen molar-refractivity contribution in [3.05, 3.63) is 101 Å². The fraction of sp³-hybridized carbons (Fsp3) is 0.250. The number of ether oxygens (including phenoxy) is 2. The van der Waals surface area contributed by atoms with Crippen molar-refractivity contribution in [2.75, 3.05) is 14.2 Å². The molecule has 5 rings (SSSR count). The highest BCUT2D eigenvalue weighted by atomic mass is 16.5. The van der Waals surface area contributed by atoms with Gasteiger partial charge in [0, 0.05) is 29.6 Å². The van der Waals surface area contributed by atoms with Gasteiger partial charge in [-0.2, -0.15) is 0 Å². The van der Waals surface area contributed by atoms with Crippen molar-refractivity contribution in [3.63, 3.8) is 0 Å². The second-order valence-electron chi connectivity index (χ2n) is 9.72. The number of hydrogen-bond acceptors (Lipinski definition) is 4. The van der Waals surface area contributed by atoms with E-state index >= 15 is 0 Å². The Hall–Kier alpha value is -4.52. The number of aromatic nitrogens is 1. The Morgan fingerprint density at radius 2 is 1.82 bits per heavy atom. The summed E-state index contributed by atoms with van der Waals surface area (Å²) >= 11 is 0. The third-order valence-electron chi connectivity index (χ3n) is 7.25. The maximum Gasteiger partial charge on any atom is 0.244 e. The van der Waals surface area contributed by atoms with Gasteiger partial charge in [0.25, 0.3) is 0 Å². The summed E-state index contributed by atoms with van der Waals surface area (Å²) in [5, 5.41) is 7.21. The number of amides is 2. The van der Waals surface area contributed by atoms with Gasteiger partial charge in [-0.1, -0.05) is 48.5 Å². The fourth-order valence-corrected chi connectivity index (χ4v) is 5.25. The van der Waals surface area contributed by atoms with E-state index in [9.17, 15) is 9.59 Å². The minimum atomic E-state index is -0.749. The highest BCUT2D eigenvalue weighted by molar-refractivity contribution is 5.96. The first kappa shape index (κ1) is 26.1. The van der Waals surface area contributed by atoms with Crippen LogP contribution in [0.4, 0.5) is 0 Å². The molecule has 1 aliphatic carbocycles. The first-order chi connectivity index (χ1) is 19.1. The van der Waals surface area contributed by atoms with E-state index in [4.69, 9.17) is 9.47 Å². The van der Waals surface area contributed by atoms with Crippen LogP contribution >= 0.6 is 0 Å². The quantitative estimate of drug-likeness (QED) is 0.266. The highest BCUT2D eigenvalue weighted by Crippen LogP contribution is 2.30. The zero-order valence-corrected chi connectivity index (χ0v) is 22.2. The van der Waals surface area contributed by atoms with E-state index < -0.39 is 6.04 Å². The Bertz CT molecular complexity index is 1510. The summed E-state index contributed by atoms with van der Waals surface area (Å²) in [5.74, 6) is 0.631. The van der Waals surface area contributed by atoms with Crippen molar-refractivity contribution in [2.24, 2.45) is 0 Å². The number of hydrogen-bond donors (Lipinski definition) is 3. The topological polar surface area (TPSA) is 92.5 Å². The summed E-state index contributed by atoms with van der Waals surface area (Å²) in [4.78, 5) is 30.0. The molecule has 1 heterocycles. The monoisotopic (exact) mass is 523 g/mol. The van der Waals surface area contributed by atoms with Crippen molar-refractivity contribution in [1.82, 2.24) is 15.6 Å². The van der Waals surface area contributed by atoms with Gasteiger partial charge in [-0.25, -0.2) is 0 Å². The number of nitrogens with one attached hydrogen (secondary N) is 3. The third-order valence-corrected chi connectivity index (χ3v) is 7.25. The van der Waals surface area contributed by atoms with Crippen molar-refractivity contribution >= 4 is 28.8 Å². The Morgan fingerprint density at radius 3 is 2.67 bits per heavy atom. The van der Waals surface area contributed by atoms with E-state index in [1.165, 1.54) is 11.6 Å². The van der Waals surface area contributed by atoms with E-state index in [2.05, 4.69) is 27.8 Å². The maximum absolute atomic E-state index is 13.7. The van der Waals surface area contributed by atoms with E-state index in [-0.39, 0.29) is 17.9 Å². The minimum absolute atomic E-state index is 0.0767. The largest absolute Gasteiger partial charge is 0.493 e. The van der Waals surface area contributed by atoms with E-state index in [0.717, 1.165) is 46.9 Å². The summed E-state index contributed by atoms with van der Waals surface area (Å²) < 4.78 is 10.6. The lowest BCUT2D eigenvalue weighted by Crippen LogP contribution is -2.48. The predicted molar refractivity (Wildman–Crippen MR) is 153 cm³/mol. The minimum Gasteiger partial charge on any atom is -0.493 e. The summed E-state index contributed by atoms with van der Waals surface area (Å²) in [6.45, 7) is 0. The third kappa shape index (κ3) is 5.98. The molecule has 0 saturated heterocycles. The van der Waals surface area contributed by atoms with E-state index in [1.54, 1.807) is 32.4 Å². The number of H-pyrrole nitrogens is 1. The lowest BCUT2D eigenvalue weighted by atomic mass is 9.87. The van der Waals surface area contributed by atoms with E-state index in [1.807, 2.05) is 48.7 Å². The van der Waals surface area contributed by atoms with Gasteiger partial charge in [-0.3, -0.25) is 9.59 Å². The van der Waals surface area contributed by atoms with Gasteiger partial charge in [0.1, 0.15) is 6.04 Å². The van der Waals surface area contributed by atoms with E-state index in [0.29, 0.717) is 17.9 Å². The van der Waals surface area contributed by atoms with Crippen molar-refractivity contribution in [2.45, 2.75) is 37.8 Å².